The summed E-state index contributed by atoms with van der Waals surface area (Å²) in [7, 11) is 0. The van der Waals surface area contributed by atoms with Crippen LogP contribution in [0.2, 0.25) is 0 Å². The lowest BCUT2D eigenvalue weighted by Gasteiger charge is -2.40. The number of carbonyl (C=O) groups is 4. The lowest BCUT2D eigenvalue weighted by Crippen LogP contribution is -2.61. The number of carbonyl (C=O) groups excluding carboxylic acids is 3. The van der Waals surface area contributed by atoms with Crippen LogP contribution >= 0.6 is 0 Å². The topological polar surface area (TPSA) is 175 Å². The number of carboxylic acids is 1. The van der Waals surface area contributed by atoms with Gasteiger partial charge < -0.3 is 39.0 Å². The molecule has 1 rings (SSSR count). The third kappa shape index (κ3) is 38.2. The minimum atomic E-state index is -1.90. The van der Waals surface area contributed by atoms with Crippen LogP contribution in [0, 0.1) is 0 Å². The number of hydrogen-bond donors (Lipinski definition) is 3. The van der Waals surface area contributed by atoms with Crippen molar-refractivity contribution in [3.8, 4) is 0 Å². The Balaban J connectivity index is 2.68. The summed E-state index contributed by atoms with van der Waals surface area (Å²) in [4.78, 5) is 51.0. The monoisotopic (exact) mass is 1000 g/mol. The molecule has 1 heterocycles. The first-order chi connectivity index (χ1) is 34.6. The number of esters is 3. The minimum absolute atomic E-state index is 0.0645. The molecule has 0 bridgehead atoms. The van der Waals surface area contributed by atoms with Crippen molar-refractivity contribution in [2.45, 2.75) is 302 Å². The van der Waals surface area contributed by atoms with Crippen molar-refractivity contribution < 1.29 is 58.2 Å². The van der Waals surface area contributed by atoms with Gasteiger partial charge in [-0.2, -0.15) is 0 Å². The van der Waals surface area contributed by atoms with E-state index in [-0.39, 0.29) is 25.9 Å². The fraction of sp³-hybridized carbons (Fsp3) is 0.831. The molecule has 0 aromatic rings. The SMILES string of the molecule is CC/C=C\C/C=C\C/C=C\CCCCCCCC(=O)OCC(COC1OC(C(=O)O)C(O)C(O)C1OC(=O)CCCCCCCCCCCCCCCCC)OC(=O)CCCCCCCCCCCCC. The number of aliphatic hydroxyl groups excluding tert-OH is 2. The summed E-state index contributed by atoms with van der Waals surface area (Å²) in [6.45, 7) is 5.87. The second kappa shape index (κ2) is 47.9. The molecule has 6 unspecified atom stereocenters. The Hall–Kier alpha value is -3.06. The fourth-order valence-corrected chi connectivity index (χ4v) is 8.80. The molecule has 71 heavy (non-hydrogen) atoms. The number of hydrogen-bond acceptors (Lipinski definition) is 11. The molecule has 12 heteroatoms. The molecular weight excluding hydrogens is 901 g/mol. The standard InChI is InChI=1S/C59H104O12/c1-4-7-10-13-16-19-22-24-26-28-31-33-36-39-42-45-51(60)67-48-50(69-52(61)46-43-40-37-34-30-21-18-15-12-9-6-3)49-68-59-57(55(64)54(63)56(71-59)58(65)66)70-53(62)47-44-41-38-35-32-29-27-25-23-20-17-14-11-8-5-2/h7,10,16,19,24,26,50,54-57,59,63-64H,4-6,8-9,11-15,17-18,20-23,25,27-49H2,1-3H3,(H,65,66)/b10-7-,19-16-,26-24-. The van der Waals surface area contributed by atoms with Gasteiger partial charge in [-0.1, -0.05) is 231 Å². The number of aliphatic hydroxyl groups is 2. The number of rotatable bonds is 49. The summed E-state index contributed by atoms with van der Waals surface area (Å²) in [5.74, 6) is -3.12. The van der Waals surface area contributed by atoms with Gasteiger partial charge in [-0.25, -0.2) is 4.79 Å². The van der Waals surface area contributed by atoms with E-state index in [2.05, 4.69) is 57.2 Å². The van der Waals surface area contributed by atoms with Gasteiger partial charge in [0.1, 0.15) is 18.8 Å². The van der Waals surface area contributed by atoms with Gasteiger partial charge in [0.05, 0.1) is 6.61 Å². The van der Waals surface area contributed by atoms with E-state index >= 15 is 0 Å². The van der Waals surface area contributed by atoms with E-state index in [1.165, 1.54) is 116 Å². The van der Waals surface area contributed by atoms with Gasteiger partial charge >= 0.3 is 23.9 Å². The highest BCUT2D eigenvalue weighted by atomic mass is 16.7. The van der Waals surface area contributed by atoms with Gasteiger partial charge in [0, 0.05) is 19.3 Å². The van der Waals surface area contributed by atoms with Crippen LogP contribution < -0.4 is 0 Å². The smallest absolute Gasteiger partial charge is 0.335 e. The second-order valence-corrected chi connectivity index (χ2v) is 19.9. The van der Waals surface area contributed by atoms with Crippen molar-refractivity contribution in [3.05, 3.63) is 36.5 Å². The van der Waals surface area contributed by atoms with Crippen LogP contribution in [0.15, 0.2) is 36.5 Å². The van der Waals surface area contributed by atoms with E-state index in [0.717, 1.165) is 89.9 Å². The lowest BCUT2D eigenvalue weighted by atomic mass is 9.98. The van der Waals surface area contributed by atoms with E-state index < -0.39 is 67.3 Å². The van der Waals surface area contributed by atoms with Gasteiger partial charge in [0.25, 0.3) is 0 Å². The van der Waals surface area contributed by atoms with Crippen LogP contribution in [0.1, 0.15) is 265 Å². The summed E-state index contributed by atoms with van der Waals surface area (Å²) in [5, 5.41) is 31.4. The summed E-state index contributed by atoms with van der Waals surface area (Å²) < 4.78 is 28.4. The first-order valence-corrected chi connectivity index (χ1v) is 29.0. The van der Waals surface area contributed by atoms with Crippen LogP contribution in [0.5, 0.6) is 0 Å². The third-order valence-corrected chi connectivity index (χ3v) is 13.2. The van der Waals surface area contributed by atoms with Crippen molar-refractivity contribution in [1.82, 2.24) is 0 Å². The van der Waals surface area contributed by atoms with E-state index in [1.54, 1.807) is 0 Å². The normalized spacial score (nSPS) is 18.7. The second-order valence-electron chi connectivity index (χ2n) is 19.9. The number of unbranched alkanes of at least 4 members (excludes halogenated alkanes) is 29. The minimum Gasteiger partial charge on any atom is -0.479 e. The molecule has 1 aliphatic rings. The molecule has 12 nitrogen and oxygen atoms in total. The van der Waals surface area contributed by atoms with Crippen molar-refractivity contribution in [1.29, 1.82) is 0 Å². The highest BCUT2D eigenvalue weighted by molar-refractivity contribution is 5.74. The van der Waals surface area contributed by atoms with Gasteiger partial charge in [0.15, 0.2) is 24.6 Å². The van der Waals surface area contributed by atoms with Gasteiger partial charge in [-0.15, -0.1) is 0 Å². The van der Waals surface area contributed by atoms with Gasteiger partial charge in [0.2, 0.25) is 0 Å². The number of carboxylic acid groups (broad SMARTS) is 1. The van der Waals surface area contributed by atoms with Crippen molar-refractivity contribution in [2.75, 3.05) is 13.2 Å². The van der Waals surface area contributed by atoms with E-state index in [9.17, 15) is 34.5 Å². The first-order valence-electron chi connectivity index (χ1n) is 29.0. The summed E-state index contributed by atoms with van der Waals surface area (Å²) in [6, 6.07) is 0. The molecule has 1 fully saturated rings. The molecule has 0 saturated carbocycles. The molecule has 0 amide bonds. The Labute approximate surface area is 431 Å². The number of aliphatic carboxylic acids is 1. The van der Waals surface area contributed by atoms with Crippen LogP contribution in [-0.4, -0.2) is 89.2 Å². The lowest BCUT2D eigenvalue weighted by molar-refractivity contribution is -0.301. The van der Waals surface area contributed by atoms with E-state index in [1.807, 2.05) is 0 Å². The van der Waals surface area contributed by atoms with Crippen LogP contribution in [-0.2, 0) is 42.9 Å². The highest BCUT2D eigenvalue weighted by Crippen LogP contribution is 2.26. The predicted octanol–water partition coefficient (Wildman–Crippen LogP) is 14.5. The summed E-state index contributed by atoms with van der Waals surface area (Å²) in [5.41, 5.74) is 0. The van der Waals surface area contributed by atoms with Gasteiger partial charge in [-0.05, 0) is 51.4 Å². The first kappa shape index (κ1) is 66.0. The summed E-state index contributed by atoms with van der Waals surface area (Å²) in [6.07, 6.45) is 42.6. The number of ether oxygens (including phenoxy) is 5. The Morgan fingerprint density at radius 3 is 1.35 bits per heavy atom. The molecule has 0 radical (unpaired) electrons. The van der Waals surface area contributed by atoms with Crippen LogP contribution in [0.3, 0.4) is 0 Å². The quantitative estimate of drug-likeness (QED) is 0.0228. The van der Waals surface area contributed by atoms with Crippen molar-refractivity contribution in [2.24, 2.45) is 0 Å². The zero-order valence-corrected chi connectivity index (χ0v) is 45.2. The zero-order valence-electron chi connectivity index (χ0n) is 45.2. The molecule has 3 N–H and O–H groups in total. The van der Waals surface area contributed by atoms with E-state index in [4.69, 9.17) is 23.7 Å². The highest BCUT2D eigenvalue weighted by Gasteiger charge is 2.50. The molecular formula is C59H104O12. The van der Waals surface area contributed by atoms with Crippen LogP contribution in [0.4, 0.5) is 0 Å². The zero-order chi connectivity index (χ0) is 51.8. The maximum Gasteiger partial charge on any atom is 0.335 e. The van der Waals surface area contributed by atoms with Crippen molar-refractivity contribution >= 4 is 23.9 Å². The van der Waals surface area contributed by atoms with Crippen molar-refractivity contribution in [3.63, 3.8) is 0 Å². The molecule has 1 aliphatic heterocycles. The molecule has 1 saturated heterocycles. The molecule has 0 aromatic heterocycles. The third-order valence-electron chi connectivity index (χ3n) is 13.2. The predicted molar refractivity (Wildman–Crippen MR) is 285 cm³/mol. The molecule has 0 aliphatic carbocycles. The Kier molecular flexibility index (Phi) is 44.5. The Morgan fingerprint density at radius 2 is 0.887 bits per heavy atom. The Morgan fingerprint density at radius 1 is 0.479 bits per heavy atom. The molecule has 0 aromatic carbocycles. The average Bonchev–Trinajstić information content (AvgIpc) is 3.35. The van der Waals surface area contributed by atoms with E-state index in [0.29, 0.717) is 19.3 Å². The number of allylic oxidation sites excluding steroid dienone is 6. The maximum atomic E-state index is 13.1. The summed E-state index contributed by atoms with van der Waals surface area (Å²) >= 11 is 0. The average molecular weight is 1010 g/mol. The molecule has 6 atom stereocenters. The molecule has 412 valence electrons. The van der Waals surface area contributed by atoms with Gasteiger partial charge in [-0.3, -0.25) is 14.4 Å². The molecule has 0 spiro atoms. The largest absolute Gasteiger partial charge is 0.479 e. The van der Waals surface area contributed by atoms with Crippen LogP contribution in [0.25, 0.3) is 0 Å². The fourth-order valence-electron chi connectivity index (χ4n) is 8.80. The maximum absolute atomic E-state index is 13.1. The Bertz CT molecular complexity index is 1380.